The maximum Gasteiger partial charge on any atom is 0.306 e. The number of hydrogen-bond donors (Lipinski definition) is 2. The van der Waals surface area contributed by atoms with Crippen LogP contribution in [0.1, 0.15) is 29.8 Å². The Morgan fingerprint density at radius 1 is 1.15 bits per heavy atom. The van der Waals surface area contributed by atoms with Crippen LogP contribution < -0.4 is 10.6 Å². The highest BCUT2D eigenvalue weighted by Crippen LogP contribution is 2.22. The van der Waals surface area contributed by atoms with Crippen molar-refractivity contribution < 1.29 is 18.9 Å². The van der Waals surface area contributed by atoms with Crippen molar-refractivity contribution in [2.75, 3.05) is 5.32 Å². The summed E-state index contributed by atoms with van der Waals surface area (Å²) in [4.78, 5) is 35.0. The fourth-order valence-corrected chi connectivity index (χ4v) is 2.53. The van der Waals surface area contributed by atoms with Crippen molar-refractivity contribution in [1.29, 1.82) is 0 Å². The summed E-state index contributed by atoms with van der Waals surface area (Å²) in [6.45, 7) is 5.31. The van der Waals surface area contributed by atoms with Gasteiger partial charge < -0.3 is 10.6 Å². The molecule has 0 fully saturated rings. The Kier molecular flexibility index (Phi) is 6.23. The topological polar surface area (TPSA) is 101 Å². The van der Waals surface area contributed by atoms with Crippen LogP contribution in [0.2, 0.25) is 0 Å². The first-order chi connectivity index (χ1) is 12.7. The number of carbonyl (C=O) groups excluding carboxylic acids is 2. The van der Waals surface area contributed by atoms with Crippen LogP contribution in [0.15, 0.2) is 42.5 Å². The number of nitro groups is 1. The Labute approximate surface area is 155 Å². The second-order valence-corrected chi connectivity index (χ2v) is 6.42. The standard InChI is InChI=1S/C19H20FN3O4/c1-11(2)17(22-18(24)14-7-5-4-6-12(14)3)19(25)21-13-8-9-15(20)16(10-13)23(26)27/h4-11,17H,1-3H3,(H,21,25)(H,22,24)/t17-/m0/s1. The molecule has 2 rings (SSSR count). The van der Waals surface area contributed by atoms with Crippen LogP contribution >= 0.6 is 0 Å². The number of amides is 2. The van der Waals surface area contributed by atoms with Gasteiger partial charge in [0.1, 0.15) is 6.04 Å². The van der Waals surface area contributed by atoms with E-state index in [9.17, 15) is 24.1 Å². The van der Waals surface area contributed by atoms with Crippen molar-refractivity contribution in [2.45, 2.75) is 26.8 Å². The van der Waals surface area contributed by atoms with Gasteiger partial charge in [-0.2, -0.15) is 4.39 Å². The third kappa shape index (κ3) is 4.87. The number of anilines is 1. The van der Waals surface area contributed by atoms with Gasteiger partial charge in [-0.25, -0.2) is 0 Å². The van der Waals surface area contributed by atoms with Crippen molar-refractivity contribution in [1.82, 2.24) is 5.32 Å². The summed E-state index contributed by atoms with van der Waals surface area (Å²) >= 11 is 0. The number of nitro benzene ring substituents is 1. The monoisotopic (exact) mass is 373 g/mol. The molecule has 2 N–H and O–H groups in total. The third-order valence-electron chi connectivity index (χ3n) is 4.04. The van der Waals surface area contributed by atoms with Crippen LogP contribution in [-0.2, 0) is 4.79 Å². The zero-order valence-corrected chi connectivity index (χ0v) is 15.2. The Bertz CT molecular complexity index is 883. The van der Waals surface area contributed by atoms with E-state index in [2.05, 4.69) is 10.6 Å². The average molecular weight is 373 g/mol. The number of rotatable bonds is 6. The van der Waals surface area contributed by atoms with Gasteiger partial charge in [-0.3, -0.25) is 19.7 Å². The molecule has 0 saturated heterocycles. The highest BCUT2D eigenvalue weighted by molar-refractivity contribution is 6.02. The number of hydrogen-bond acceptors (Lipinski definition) is 4. The molecule has 0 saturated carbocycles. The zero-order valence-electron chi connectivity index (χ0n) is 15.2. The van der Waals surface area contributed by atoms with Crippen LogP contribution in [0.25, 0.3) is 0 Å². The molecule has 0 aromatic heterocycles. The summed E-state index contributed by atoms with van der Waals surface area (Å²) in [7, 11) is 0. The molecule has 2 aromatic carbocycles. The lowest BCUT2D eigenvalue weighted by molar-refractivity contribution is -0.387. The Morgan fingerprint density at radius 2 is 1.81 bits per heavy atom. The molecule has 0 radical (unpaired) electrons. The number of aryl methyl sites for hydroxylation is 1. The fourth-order valence-electron chi connectivity index (χ4n) is 2.53. The van der Waals surface area contributed by atoms with Crippen molar-refractivity contribution in [2.24, 2.45) is 5.92 Å². The van der Waals surface area contributed by atoms with Gasteiger partial charge in [0, 0.05) is 17.3 Å². The highest BCUT2D eigenvalue weighted by atomic mass is 19.1. The minimum Gasteiger partial charge on any atom is -0.340 e. The quantitative estimate of drug-likeness (QED) is 0.598. The Hall–Kier alpha value is -3.29. The molecule has 8 heteroatoms. The van der Waals surface area contributed by atoms with Crippen molar-refractivity contribution in [3.05, 3.63) is 69.5 Å². The van der Waals surface area contributed by atoms with E-state index in [0.29, 0.717) is 5.56 Å². The molecular formula is C19H20FN3O4. The summed E-state index contributed by atoms with van der Waals surface area (Å²) < 4.78 is 13.4. The van der Waals surface area contributed by atoms with Crippen molar-refractivity contribution in [3.63, 3.8) is 0 Å². The van der Waals surface area contributed by atoms with Crippen LogP contribution in [0.3, 0.4) is 0 Å². The van der Waals surface area contributed by atoms with Crippen LogP contribution in [-0.4, -0.2) is 22.8 Å². The summed E-state index contributed by atoms with van der Waals surface area (Å²) in [6, 6.07) is 9.17. The normalized spacial score (nSPS) is 11.7. The summed E-state index contributed by atoms with van der Waals surface area (Å²) in [5.41, 5.74) is 0.558. The average Bonchev–Trinajstić information content (AvgIpc) is 2.60. The number of nitrogens with one attached hydrogen (secondary N) is 2. The van der Waals surface area contributed by atoms with Gasteiger partial charge in [-0.1, -0.05) is 32.0 Å². The molecule has 27 heavy (non-hydrogen) atoms. The second-order valence-electron chi connectivity index (χ2n) is 6.42. The molecule has 0 aliphatic carbocycles. The van der Waals surface area contributed by atoms with Gasteiger partial charge in [-0.05, 0) is 36.6 Å². The lowest BCUT2D eigenvalue weighted by Crippen LogP contribution is -2.47. The molecular weight excluding hydrogens is 353 g/mol. The maximum absolute atomic E-state index is 13.4. The first kappa shape index (κ1) is 20.0. The fraction of sp³-hybridized carbons (Fsp3) is 0.263. The third-order valence-corrected chi connectivity index (χ3v) is 4.04. The molecule has 1 atom stereocenters. The van der Waals surface area contributed by atoms with Crippen molar-refractivity contribution in [3.8, 4) is 0 Å². The maximum atomic E-state index is 13.4. The van der Waals surface area contributed by atoms with Gasteiger partial charge in [0.05, 0.1) is 4.92 Å². The lowest BCUT2D eigenvalue weighted by atomic mass is 10.0. The lowest BCUT2D eigenvalue weighted by Gasteiger charge is -2.22. The first-order valence-corrected chi connectivity index (χ1v) is 8.32. The SMILES string of the molecule is Cc1ccccc1C(=O)N[C@H](C(=O)Nc1ccc(F)c([N+](=O)[O-])c1)C(C)C. The van der Waals surface area contributed by atoms with Gasteiger partial charge >= 0.3 is 5.69 Å². The number of nitrogens with zero attached hydrogens (tertiary/aromatic N) is 1. The van der Waals surface area contributed by atoms with Gasteiger partial charge in [0.2, 0.25) is 11.7 Å². The van der Waals surface area contributed by atoms with Crippen LogP contribution in [0.4, 0.5) is 15.8 Å². The molecule has 0 spiro atoms. The molecule has 142 valence electrons. The van der Waals surface area contributed by atoms with E-state index in [-0.39, 0.29) is 11.6 Å². The Balaban J connectivity index is 2.18. The first-order valence-electron chi connectivity index (χ1n) is 8.32. The molecule has 0 bridgehead atoms. The summed E-state index contributed by atoms with van der Waals surface area (Å²) in [5, 5.41) is 16.0. The second kappa shape index (κ2) is 8.39. The molecule has 2 amide bonds. The van der Waals surface area contributed by atoms with E-state index >= 15 is 0 Å². The molecule has 0 aliphatic rings. The van der Waals surface area contributed by atoms with Gasteiger partial charge in [0.25, 0.3) is 5.91 Å². The van der Waals surface area contributed by atoms with E-state index in [1.54, 1.807) is 45.0 Å². The molecule has 0 aliphatic heterocycles. The summed E-state index contributed by atoms with van der Waals surface area (Å²) in [6.07, 6.45) is 0. The number of halogens is 1. The minimum atomic E-state index is -0.994. The highest BCUT2D eigenvalue weighted by Gasteiger charge is 2.26. The Morgan fingerprint density at radius 3 is 2.41 bits per heavy atom. The molecule has 7 nitrogen and oxygen atoms in total. The molecule has 2 aromatic rings. The van der Waals surface area contributed by atoms with E-state index in [1.165, 1.54) is 6.07 Å². The van der Waals surface area contributed by atoms with Crippen LogP contribution in [0.5, 0.6) is 0 Å². The van der Waals surface area contributed by atoms with E-state index < -0.39 is 34.3 Å². The predicted molar refractivity (Wildman–Crippen MR) is 99.0 cm³/mol. The predicted octanol–water partition coefficient (Wildman–Crippen LogP) is 3.44. The van der Waals surface area contributed by atoms with Gasteiger partial charge in [0.15, 0.2) is 0 Å². The van der Waals surface area contributed by atoms with E-state index in [4.69, 9.17) is 0 Å². The number of benzene rings is 2. The summed E-state index contributed by atoms with van der Waals surface area (Å²) in [5.74, 6) is -2.18. The molecule has 0 heterocycles. The van der Waals surface area contributed by atoms with Gasteiger partial charge in [-0.15, -0.1) is 0 Å². The smallest absolute Gasteiger partial charge is 0.306 e. The zero-order chi connectivity index (χ0) is 20.1. The van der Waals surface area contributed by atoms with Crippen molar-refractivity contribution >= 4 is 23.2 Å². The van der Waals surface area contributed by atoms with E-state index in [1.807, 2.05) is 0 Å². The van der Waals surface area contributed by atoms with Crippen LogP contribution in [0, 0.1) is 28.8 Å². The number of carbonyl (C=O) groups is 2. The largest absolute Gasteiger partial charge is 0.340 e. The molecule has 0 unspecified atom stereocenters. The van der Waals surface area contributed by atoms with E-state index in [0.717, 1.165) is 17.7 Å². The minimum absolute atomic E-state index is 0.0730.